The highest BCUT2D eigenvalue weighted by Crippen LogP contribution is 2.17. The summed E-state index contributed by atoms with van der Waals surface area (Å²) in [5, 5.41) is 5.29. The quantitative estimate of drug-likeness (QED) is 0.711. The van der Waals surface area contributed by atoms with Gasteiger partial charge >= 0.3 is 0 Å². The molecule has 2 aromatic heterocycles. The maximum absolute atomic E-state index is 5.61. The summed E-state index contributed by atoms with van der Waals surface area (Å²) in [6, 6.07) is 0. The first kappa shape index (κ1) is 19.1. The number of unbranched alkanes of at least 4 members (excludes halogenated alkanes) is 1. The fourth-order valence-corrected chi connectivity index (χ4v) is 3.02. The van der Waals surface area contributed by atoms with Crippen LogP contribution in [0.1, 0.15) is 37.1 Å². The first-order chi connectivity index (χ1) is 10.3. The molecule has 0 bridgehead atoms. The second-order valence-corrected chi connectivity index (χ2v) is 6.18. The zero-order valence-electron chi connectivity index (χ0n) is 13.4. The highest BCUT2D eigenvalue weighted by Gasteiger charge is 2.06. The lowest BCUT2D eigenvalue weighted by molar-refractivity contribution is 0.297. The van der Waals surface area contributed by atoms with Gasteiger partial charge in [0, 0.05) is 23.8 Å². The number of hydrogen-bond acceptors (Lipinski definition) is 5. The molecule has 0 aliphatic heterocycles. The lowest BCUT2D eigenvalue weighted by Crippen LogP contribution is -2.23. The highest BCUT2D eigenvalue weighted by molar-refractivity contribution is 7.14. The number of aryl methyl sites for hydroxylation is 1. The Bertz CT molecular complexity index is 536. The molecule has 0 radical (unpaired) electrons. The van der Waals surface area contributed by atoms with E-state index in [2.05, 4.69) is 35.0 Å². The number of hydrogen-bond donors (Lipinski definition) is 1. The number of nitrogens with two attached hydrogens (primary N) is 1. The van der Waals surface area contributed by atoms with Gasteiger partial charge in [-0.1, -0.05) is 25.2 Å². The van der Waals surface area contributed by atoms with E-state index in [9.17, 15) is 0 Å². The van der Waals surface area contributed by atoms with Crippen molar-refractivity contribution in [2.24, 2.45) is 5.73 Å². The Hall–Kier alpha value is -0.950. The Kier molecular flexibility index (Phi) is 8.63. The van der Waals surface area contributed by atoms with Crippen LogP contribution in [0.15, 0.2) is 18.6 Å². The molecule has 2 heterocycles. The first-order valence-electron chi connectivity index (χ1n) is 7.67. The Balaban J connectivity index is 0.00000242. The van der Waals surface area contributed by atoms with Crippen molar-refractivity contribution in [3.8, 4) is 5.13 Å². The average molecular weight is 344 g/mol. The van der Waals surface area contributed by atoms with E-state index < -0.39 is 0 Å². The maximum Gasteiger partial charge on any atom is 0.210 e. The van der Waals surface area contributed by atoms with Crippen molar-refractivity contribution in [3.63, 3.8) is 0 Å². The number of aromatic nitrogens is 3. The van der Waals surface area contributed by atoms with Gasteiger partial charge in [-0.05, 0) is 44.5 Å². The summed E-state index contributed by atoms with van der Waals surface area (Å²) in [4.78, 5) is 7.89. The van der Waals surface area contributed by atoms with Crippen LogP contribution in [-0.4, -0.2) is 39.3 Å². The van der Waals surface area contributed by atoms with Crippen LogP contribution in [0, 0.1) is 0 Å². The largest absolute Gasteiger partial charge is 0.326 e. The van der Waals surface area contributed by atoms with Gasteiger partial charge in [0.15, 0.2) is 0 Å². The predicted octanol–water partition coefficient (Wildman–Crippen LogP) is 2.87. The Morgan fingerprint density at radius 2 is 2.00 bits per heavy atom. The number of thiazole rings is 1. The van der Waals surface area contributed by atoms with E-state index in [0.717, 1.165) is 29.5 Å². The van der Waals surface area contributed by atoms with Gasteiger partial charge in [-0.2, -0.15) is 5.10 Å². The molecule has 2 rings (SSSR count). The van der Waals surface area contributed by atoms with E-state index >= 15 is 0 Å². The summed E-state index contributed by atoms with van der Waals surface area (Å²) >= 11 is 1.60. The van der Waals surface area contributed by atoms with E-state index in [1.165, 1.54) is 24.9 Å². The SMILES string of the molecule is CCN(CC)CCCCc1cnn(-c2ncc(CN)s2)c1.Cl. The molecule has 0 spiro atoms. The summed E-state index contributed by atoms with van der Waals surface area (Å²) in [6.07, 6.45) is 9.37. The second kappa shape index (κ2) is 9.94. The molecule has 0 fully saturated rings. The molecule has 0 aliphatic rings. The van der Waals surface area contributed by atoms with Crippen molar-refractivity contribution in [1.29, 1.82) is 0 Å². The van der Waals surface area contributed by atoms with Crippen molar-refractivity contribution in [2.45, 2.75) is 39.7 Å². The van der Waals surface area contributed by atoms with Crippen molar-refractivity contribution in [3.05, 3.63) is 29.0 Å². The maximum atomic E-state index is 5.61. The van der Waals surface area contributed by atoms with Crippen molar-refractivity contribution < 1.29 is 0 Å². The molecular formula is C15H26ClN5S. The van der Waals surface area contributed by atoms with Crippen LogP contribution < -0.4 is 5.73 Å². The predicted molar refractivity (Wildman–Crippen MR) is 95.1 cm³/mol. The molecule has 2 aromatic rings. The van der Waals surface area contributed by atoms with Gasteiger partial charge in [0.2, 0.25) is 5.13 Å². The van der Waals surface area contributed by atoms with Crippen LogP contribution in [0.2, 0.25) is 0 Å². The fraction of sp³-hybridized carbons (Fsp3) is 0.600. The molecule has 0 saturated carbocycles. The molecule has 0 atom stereocenters. The Labute approximate surface area is 142 Å². The van der Waals surface area contributed by atoms with E-state index in [1.54, 1.807) is 11.3 Å². The van der Waals surface area contributed by atoms with Gasteiger partial charge in [-0.25, -0.2) is 9.67 Å². The van der Waals surface area contributed by atoms with Gasteiger partial charge in [-0.3, -0.25) is 0 Å². The number of halogens is 1. The van der Waals surface area contributed by atoms with Gasteiger partial charge < -0.3 is 10.6 Å². The van der Waals surface area contributed by atoms with Crippen LogP contribution in [0.3, 0.4) is 0 Å². The summed E-state index contributed by atoms with van der Waals surface area (Å²) in [6.45, 7) is 8.45. The Morgan fingerprint density at radius 3 is 2.64 bits per heavy atom. The molecule has 0 unspecified atom stereocenters. The number of nitrogens with zero attached hydrogens (tertiary/aromatic N) is 4. The lowest BCUT2D eigenvalue weighted by Gasteiger charge is -2.17. The topological polar surface area (TPSA) is 60.0 Å². The van der Waals surface area contributed by atoms with Crippen LogP contribution >= 0.6 is 23.7 Å². The van der Waals surface area contributed by atoms with Crippen molar-refractivity contribution in [1.82, 2.24) is 19.7 Å². The van der Waals surface area contributed by atoms with E-state index in [1.807, 2.05) is 17.1 Å². The molecule has 7 heteroatoms. The van der Waals surface area contributed by atoms with Crippen LogP contribution in [0.5, 0.6) is 0 Å². The van der Waals surface area contributed by atoms with Crippen LogP contribution in [0.4, 0.5) is 0 Å². The highest BCUT2D eigenvalue weighted by atomic mass is 35.5. The van der Waals surface area contributed by atoms with E-state index in [0.29, 0.717) is 6.54 Å². The van der Waals surface area contributed by atoms with Crippen LogP contribution in [0.25, 0.3) is 5.13 Å². The smallest absolute Gasteiger partial charge is 0.210 e. The fourth-order valence-electron chi connectivity index (χ4n) is 2.30. The molecular weight excluding hydrogens is 318 g/mol. The summed E-state index contributed by atoms with van der Waals surface area (Å²) < 4.78 is 1.85. The molecule has 22 heavy (non-hydrogen) atoms. The lowest BCUT2D eigenvalue weighted by atomic mass is 10.1. The zero-order chi connectivity index (χ0) is 15.1. The summed E-state index contributed by atoms with van der Waals surface area (Å²) in [5.41, 5.74) is 6.89. The van der Waals surface area contributed by atoms with Crippen molar-refractivity contribution >= 4 is 23.7 Å². The normalized spacial score (nSPS) is 10.9. The molecule has 0 saturated heterocycles. The summed E-state index contributed by atoms with van der Waals surface area (Å²) in [5.74, 6) is 0. The monoisotopic (exact) mass is 343 g/mol. The second-order valence-electron chi connectivity index (χ2n) is 5.09. The average Bonchev–Trinajstić information content (AvgIpc) is 3.16. The minimum atomic E-state index is 0. The van der Waals surface area contributed by atoms with Gasteiger partial charge in [0.1, 0.15) is 0 Å². The Morgan fingerprint density at radius 1 is 1.23 bits per heavy atom. The van der Waals surface area contributed by atoms with Crippen LogP contribution in [-0.2, 0) is 13.0 Å². The zero-order valence-corrected chi connectivity index (χ0v) is 15.0. The minimum Gasteiger partial charge on any atom is -0.326 e. The van der Waals surface area contributed by atoms with Crippen molar-refractivity contribution in [2.75, 3.05) is 19.6 Å². The van der Waals surface area contributed by atoms with Gasteiger partial charge in [-0.15, -0.1) is 12.4 Å². The molecule has 0 aliphatic carbocycles. The summed E-state index contributed by atoms with van der Waals surface area (Å²) in [7, 11) is 0. The third-order valence-electron chi connectivity index (χ3n) is 3.66. The standard InChI is InChI=1S/C15H25N5S.ClH/c1-3-19(4-2)8-6-5-7-13-10-18-20(12-13)15-17-11-14(9-16)21-15;/h10-12H,3-9,16H2,1-2H3;1H. The van der Waals surface area contributed by atoms with Gasteiger partial charge in [0.25, 0.3) is 0 Å². The van der Waals surface area contributed by atoms with E-state index in [4.69, 9.17) is 5.73 Å². The molecule has 124 valence electrons. The molecule has 2 N–H and O–H groups in total. The van der Waals surface area contributed by atoms with Gasteiger partial charge in [0.05, 0.1) is 6.20 Å². The molecule has 5 nitrogen and oxygen atoms in total. The first-order valence-corrected chi connectivity index (χ1v) is 8.49. The molecule has 0 amide bonds. The molecule has 0 aromatic carbocycles. The third-order valence-corrected chi connectivity index (χ3v) is 4.67. The third kappa shape index (κ3) is 5.35. The minimum absolute atomic E-state index is 0. The number of rotatable bonds is 9. The van der Waals surface area contributed by atoms with E-state index in [-0.39, 0.29) is 12.4 Å².